The zero-order valence-electron chi connectivity index (χ0n) is 12.0. The van der Waals surface area contributed by atoms with Gasteiger partial charge in [0.25, 0.3) is 0 Å². The van der Waals surface area contributed by atoms with E-state index in [0.717, 1.165) is 37.4 Å². The molecule has 1 aromatic carbocycles. The first kappa shape index (κ1) is 14.4. The number of aryl methyl sites for hydroxylation is 1. The molecule has 19 heavy (non-hydrogen) atoms. The molecule has 0 aromatic heterocycles. The molecule has 2 atom stereocenters. The zero-order valence-corrected chi connectivity index (χ0v) is 12.0. The maximum atomic E-state index is 5.97. The van der Waals surface area contributed by atoms with E-state index in [9.17, 15) is 0 Å². The summed E-state index contributed by atoms with van der Waals surface area (Å²) in [5.74, 6) is 0.933. The Labute approximate surface area is 116 Å². The van der Waals surface area contributed by atoms with Crippen molar-refractivity contribution in [1.82, 2.24) is 0 Å². The Balaban J connectivity index is 1.82. The summed E-state index contributed by atoms with van der Waals surface area (Å²) in [6.45, 7) is 5.73. The minimum Gasteiger partial charge on any atom is -0.493 e. The molecule has 1 saturated heterocycles. The van der Waals surface area contributed by atoms with Crippen molar-refractivity contribution in [1.29, 1.82) is 0 Å². The second-order valence-corrected chi connectivity index (χ2v) is 5.46. The normalized spacial score (nSPS) is 20.5. The van der Waals surface area contributed by atoms with Crippen LogP contribution in [0.15, 0.2) is 18.2 Å². The lowest BCUT2D eigenvalue weighted by Crippen LogP contribution is -2.11. The Morgan fingerprint density at radius 3 is 3.00 bits per heavy atom. The Kier molecular flexibility index (Phi) is 5.23. The lowest BCUT2D eigenvalue weighted by atomic mass is 10.1. The maximum Gasteiger partial charge on any atom is 0.124 e. The third-order valence-corrected chi connectivity index (χ3v) is 3.61. The lowest BCUT2D eigenvalue weighted by molar-refractivity contribution is 0.0980. The highest BCUT2D eigenvalue weighted by atomic mass is 16.5. The van der Waals surface area contributed by atoms with Gasteiger partial charge in [-0.15, -0.1) is 0 Å². The fourth-order valence-corrected chi connectivity index (χ4v) is 2.51. The first-order chi connectivity index (χ1) is 9.16. The molecule has 0 bridgehead atoms. The molecule has 2 unspecified atom stereocenters. The molecule has 3 heteroatoms. The summed E-state index contributed by atoms with van der Waals surface area (Å²) in [7, 11) is 0. The highest BCUT2D eigenvalue weighted by molar-refractivity contribution is 5.38. The van der Waals surface area contributed by atoms with Crippen LogP contribution < -0.4 is 10.5 Å². The largest absolute Gasteiger partial charge is 0.493 e. The summed E-state index contributed by atoms with van der Waals surface area (Å²) in [4.78, 5) is 0. The molecular formula is C16H25NO2. The highest BCUT2D eigenvalue weighted by Gasteiger charge is 2.15. The van der Waals surface area contributed by atoms with Crippen molar-refractivity contribution in [2.45, 2.75) is 51.7 Å². The van der Waals surface area contributed by atoms with E-state index in [2.05, 4.69) is 25.1 Å². The topological polar surface area (TPSA) is 44.5 Å². The molecule has 1 aromatic rings. The van der Waals surface area contributed by atoms with Crippen LogP contribution in [0.2, 0.25) is 0 Å². The van der Waals surface area contributed by atoms with Gasteiger partial charge in [-0.25, -0.2) is 0 Å². The van der Waals surface area contributed by atoms with Gasteiger partial charge in [0.05, 0.1) is 12.7 Å². The molecule has 0 radical (unpaired) electrons. The van der Waals surface area contributed by atoms with Crippen LogP contribution in [0.1, 0.15) is 49.8 Å². The smallest absolute Gasteiger partial charge is 0.124 e. The molecule has 1 aliphatic heterocycles. The van der Waals surface area contributed by atoms with Crippen molar-refractivity contribution in [3.8, 4) is 5.75 Å². The average Bonchev–Trinajstić information content (AvgIpc) is 2.87. The van der Waals surface area contributed by atoms with Crippen molar-refractivity contribution in [3.63, 3.8) is 0 Å². The van der Waals surface area contributed by atoms with E-state index in [1.807, 2.05) is 6.92 Å². The van der Waals surface area contributed by atoms with Gasteiger partial charge in [-0.1, -0.05) is 12.1 Å². The Hall–Kier alpha value is -1.06. The number of hydrogen-bond acceptors (Lipinski definition) is 3. The minimum atomic E-state index is 0.00812. The molecule has 1 heterocycles. The van der Waals surface area contributed by atoms with Crippen molar-refractivity contribution >= 4 is 0 Å². The predicted octanol–water partition coefficient (Wildman–Crippen LogP) is 3.35. The van der Waals surface area contributed by atoms with Crippen LogP contribution in [0.25, 0.3) is 0 Å². The Morgan fingerprint density at radius 2 is 2.32 bits per heavy atom. The second kappa shape index (κ2) is 6.92. The van der Waals surface area contributed by atoms with Crippen LogP contribution in [-0.4, -0.2) is 19.3 Å². The van der Waals surface area contributed by atoms with E-state index >= 15 is 0 Å². The van der Waals surface area contributed by atoms with Gasteiger partial charge in [-0.05, 0) is 51.2 Å². The molecule has 1 aliphatic rings. The molecule has 0 amide bonds. The van der Waals surface area contributed by atoms with Gasteiger partial charge >= 0.3 is 0 Å². The zero-order chi connectivity index (χ0) is 13.7. The summed E-state index contributed by atoms with van der Waals surface area (Å²) in [5, 5.41) is 0. The monoisotopic (exact) mass is 263 g/mol. The molecule has 0 aliphatic carbocycles. The van der Waals surface area contributed by atoms with Gasteiger partial charge in [0, 0.05) is 18.2 Å². The number of rotatable bonds is 6. The fourth-order valence-electron chi connectivity index (χ4n) is 2.51. The third-order valence-electron chi connectivity index (χ3n) is 3.61. The van der Waals surface area contributed by atoms with Crippen molar-refractivity contribution in [3.05, 3.63) is 29.3 Å². The average molecular weight is 263 g/mol. The summed E-state index contributed by atoms with van der Waals surface area (Å²) >= 11 is 0. The quantitative estimate of drug-likeness (QED) is 0.800. The maximum absolute atomic E-state index is 5.97. The summed E-state index contributed by atoms with van der Waals surface area (Å²) in [5.41, 5.74) is 8.26. The molecule has 106 valence electrons. The van der Waals surface area contributed by atoms with Gasteiger partial charge < -0.3 is 15.2 Å². The first-order valence-electron chi connectivity index (χ1n) is 7.27. The van der Waals surface area contributed by atoms with Gasteiger partial charge in [-0.3, -0.25) is 0 Å². The van der Waals surface area contributed by atoms with Gasteiger partial charge in [0.2, 0.25) is 0 Å². The molecular weight excluding hydrogens is 238 g/mol. The number of hydrogen-bond donors (Lipinski definition) is 1. The van der Waals surface area contributed by atoms with Crippen LogP contribution in [-0.2, 0) is 4.74 Å². The SMILES string of the molecule is Cc1ccc(C(C)N)c(OCCCC2CCCO2)c1. The van der Waals surface area contributed by atoms with E-state index in [-0.39, 0.29) is 6.04 Å². The van der Waals surface area contributed by atoms with E-state index in [0.29, 0.717) is 6.10 Å². The van der Waals surface area contributed by atoms with Crippen LogP contribution in [0.5, 0.6) is 5.75 Å². The molecule has 0 saturated carbocycles. The lowest BCUT2D eigenvalue weighted by Gasteiger charge is -2.15. The van der Waals surface area contributed by atoms with Crippen LogP contribution in [0.4, 0.5) is 0 Å². The Bertz CT molecular complexity index is 398. The van der Waals surface area contributed by atoms with Crippen LogP contribution in [0.3, 0.4) is 0 Å². The minimum absolute atomic E-state index is 0.00812. The summed E-state index contributed by atoms with van der Waals surface area (Å²) in [6.07, 6.45) is 5.00. The van der Waals surface area contributed by atoms with Crippen molar-refractivity contribution in [2.75, 3.05) is 13.2 Å². The molecule has 1 fully saturated rings. The fraction of sp³-hybridized carbons (Fsp3) is 0.625. The van der Waals surface area contributed by atoms with Gasteiger partial charge in [0.1, 0.15) is 5.75 Å². The second-order valence-electron chi connectivity index (χ2n) is 5.46. The van der Waals surface area contributed by atoms with Gasteiger partial charge in [0.15, 0.2) is 0 Å². The van der Waals surface area contributed by atoms with E-state index in [1.54, 1.807) is 0 Å². The standard InChI is InChI=1S/C16H25NO2/c1-12-7-8-15(13(2)17)16(11-12)19-10-4-6-14-5-3-9-18-14/h7-8,11,13-14H,3-6,9-10,17H2,1-2H3. The predicted molar refractivity (Wildman–Crippen MR) is 77.5 cm³/mol. The van der Waals surface area contributed by atoms with Crippen molar-refractivity contribution < 1.29 is 9.47 Å². The molecule has 2 rings (SSSR count). The summed E-state index contributed by atoms with van der Waals surface area (Å²) < 4.78 is 11.5. The number of benzene rings is 1. The van der Waals surface area contributed by atoms with Gasteiger partial charge in [-0.2, -0.15) is 0 Å². The highest BCUT2D eigenvalue weighted by Crippen LogP contribution is 2.25. The first-order valence-corrected chi connectivity index (χ1v) is 7.27. The number of ether oxygens (including phenoxy) is 2. The van der Waals surface area contributed by atoms with E-state index < -0.39 is 0 Å². The third kappa shape index (κ3) is 4.22. The van der Waals surface area contributed by atoms with Crippen LogP contribution >= 0.6 is 0 Å². The van der Waals surface area contributed by atoms with Crippen molar-refractivity contribution in [2.24, 2.45) is 5.73 Å². The number of nitrogens with two attached hydrogens (primary N) is 1. The van der Waals surface area contributed by atoms with E-state index in [1.165, 1.54) is 18.4 Å². The molecule has 3 nitrogen and oxygen atoms in total. The van der Waals surface area contributed by atoms with Crippen LogP contribution in [0, 0.1) is 6.92 Å². The molecule has 0 spiro atoms. The Morgan fingerprint density at radius 1 is 1.47 bits per heavy atom. The summed E-state index contributed by atoms with van der Waals surface area (Å²) in [6, 6.07) is 6.23. The van der Waals surface area contributed by atoms with E-state index in [4.69, 9.17) is 15.2 Å². The molecule has 2 N–H and O–H groups in total.